The van der Waals surface area contributed by atoms with Gasteiger partial charge in [0.15, 0.2) is 6.29 Å². The first-order chi connectivity index (χ1) is 9.40. The van der Waals surface area contributed by atoms with E-state index in [2.05, 4.69) is 0 Å². The number of hydrogen-bond acceptors (Lipinski definition) is 2. The summed E-state index contributed by atoms with van der Waals surface area (Å²) in [6, 6.07) is 11.2. The van der Waals surface area contributed by atoms with Gasteiger partial charge in [0, 0.05) is 15.4 Å². The fraction of sp³-hybridized carbons (Fsp3) is 0.133. The molecule has 0 aliphatic carbocycles. The maximum atomic E-state index is 12.8. The number of aryl methyl sites for hydroxylation is 1. The quantitative estimate of drug-likeness (QED) is 0.743. The number of carbonyl (C=O) groups is 1. The van der Waals surface area contributed by atoms with Gasteiger partial charge < -0.3 is 0 Å². The molecule has 2 aromatic carbocycles. The third-order valence-corrected chi connectivity index (χ3v) is 3.71. The van der Waals surface area contributed by atoms with Crippen LogP contribution >= 0.6 is 11.8 Å². The molecule has 0 radical (unpaired) electrons. The van der Waals surface area contributed by atoms with E-state index in [-0.39, 0.29) is 11.8 Å². The monoisotopic (exact) mass is 296 g/mol. The molecule has 0 spiro atoms. The molecule has 0 unspecified atom stereocenters. The SMILES string of the molecule is Cc1ccc(Sc2ccc(C=O)c(C(F)(F)F)c2)cc1. The Bertz CT molecular complexity index is 618. The average Bonchev–Trinajstić information content (AvgIpc) is 2.40. The average molecular weight is 296 g/mol. The topological polar surface area (TPSA) is 17.1 Å². The number of rotatable bonds is 3. The summed E-state index contributed by atoms with van der Waals surface area (Å²) in [6.07, 6.45) is -4.30. The first-order valence-corrected chi connectivity index (χ1v) is 6.63. The summed E-state index contributed by atoms with van der Waals surface area (Å²) in [5.41, 5.74) is -0.156. The van der Waals surface area contributed by atoms with Crippen molar-refractivity contribution in [2.45, 2.75) is 22.9 Å². The van der Waals surface area contributed by atoms with Gasteiger partial charge in [0.1, 0.15) is 0 Å². The zero-order chi connectivity index (χ0) is 14.8. The molecule has 0 aliphatic heterocycles. The third kappa shape index (κ3) is 3.42. The predicted octanol–water partition coefficient (Wildman–Crippen LogP) is 4.98. The van der Waals surface area contributed by atoms with Crippen LogP contribution in [0.3, 0.4) is 0 Å². The molecule has 20 heavy (non-hydrogen) atoms. The molecule has 0 saturated carbocycles. The lowest BCUT2D eigenvalue weighted by atomic mass is 10.1. The number of halogens is 3. The highest BCUT2D eigenvalue weighted by Crippen LogP contribution is 2.36. The molecule has 0 aromatic heterocycles. The number of alkyl halides is 3. The molecule has 0 atom stereocenters. The van der Waals surface area contributed by atoms with Crippen molar-refractivity contribution in [3.63, 3.8) is 0 Å². The summed E-state index contributed by atoms with van der Waals surface area (Å²) < 4.78 is 38.5. The molecule has 0 heterocycles. The Morgan fingerprint density at radius 2 is 1.60 bits per heavy atom. The molecule has 2 rings (SSSR count). The highest BCUT2D eigenvalue weighted by Gasteiger charge is 2.33. The van der Waals surface area contributed by atoms with Crippen LogP contribution in [0.4, 0.5) is 13.2 Å². The van der Waals surface area contributed by atoms with Crippen LogP contribution < -0.4 is 0 Å². The van der Waals surface area contributed by atoms with Gasteiger partial charge in [0.2, 0.25) is 0 Å². The highest BCUT2D eigenvalue weighted by molar-refractivity contribution is 7.99. The fourth-order valence-electron chi connectivity index (χ4n) is 1.69. The van der Waals surface area contributed by atoms with Crippen molar-refractivity contribution in [3.05, 3.63) is 59.2 Å². The molecular formula is C15H11F3OS. The first kappa shape index (κ1) is 14.7. The number of benzene rings is 2. The van der Waals surface area contributed by atoms with Gasteiger partial charge in [-0.2, -0.15) is 13.2 Å². The van der Waals surface area contributed by atoms with Crippen molar-refractivity contribution in [3.8, 4) is 0 Å². The van der Waals surface area contributed by atoms with Crippen molar-refractivity contribution in [2.24, 2.45) is 0 Å². The first-order valence-electron chi connectivity index (χ1n) is 5.81. The molecular weight excluding hydrogens is 285 g/mol. The van der Waals surface area contributed by atoms with Crippen molar-refractivity contribution >= 4 is 18.0 Å². The molecule has 2 aromatic rings. The second kappa shape index (κ2) is 5.71. The van der Waals surface area contributed by atoms with E-state index in [9.17, 15) is 18.0 Å². The van der Waals surface area contributed by atoms with E-state index in [1.54, 1.807) is 0 Å². The molecule has 104 valence electrons. The molecule has 1 nitrogen and oxygen atoms in total. The van der Waals surface area contributed by atoms with Crippen LogP contribution in [-0.2, 0) is 6.18 Å². The van der Waals surface area contributed by atoms with Gasteiger partial charge >= 0.3 is 6.18 Å². The summed E-state index contributed by atoms with van der Waals surface area (Å²) in [6.45, 7) is 1.94. The largest absolute Gasteiger partial charge is 0.417 e. The van der Waals surface area contributed by atoms with Crippen LogP contribution in [0.25, 0.3) is 0 Å². The Morgan fingerprint density at radius 1 is 1.00 bits per heavy atom. The smallest absolute Gasteiger partial charge is 0.298 e. The van der Waals surface area contributed by atoms with Crippen molar-refractivity contribution in [2.75, 3.05) is 0 Å². The Labute approximate surface area is 118 Å². The van der Waals surface area contributed by atoms with Crippen molar-refractivity contribution < 1.29 is 18.0 Å². The van der Waals surface area contributed by atoms with E-state index in [0.717, 1.165) is 16.5 Å². The van der Waals surface area contributed by atoms with Crippen LogP contribution in [-0.4, -0.2) is 6.29 Å². The number of hydrogen-bond donors (Lipinski definition) is 0. The van der Waals surface area contributed by atoms with E-state index in [0.29, 0.717) is 4.90 Å². The minimum absolute atomic E-state index is 0.225. The van der Waals surface area contributed by atoms with Crippen LogP contribution in [0.5, 0.6) is 0 Å². The van der Waals surface area contributed by atoms with E-state index < -0.39 is 11.7 Å². The number of aldehydes is 1. The third-order valence-electron chi connectivity index (χ3n) is 2.71. The summed E-state index contributed by atoms with van der Waals surface area (Å²) in [5, 5.41) is 0. The van der Waals surface area contributed by atoms with Gasteiger partial charge in [-0.1, -0.05) is 29.5 Å². The zero-order valence-corrected chi connectivity index (χ0v) is 11.4. The van der Waals surface area contributed by atoms with Gasteiger partial charge in [0.05, 0.1) is 5.56 Å². The second-order valence-electron chi connectivity index (χ2n) is 4.28. The van der Waals surface area contributed by atoms with Gasteiger partial charge in [-0.3, -0.25) is 4.79 Å². The lowest BCUT2D eigenvalue weighted by molar-refractivity contribution is -0.138. The molecule has 5 heteroatoms. The molecule has 0 fully saturated rings. The van der Waals surface area contributed by atoms with Gasteiger partial charge in [-0.05, 0) is 37.3 Å². The summed E-state index contributed by atoms with van der Waals surface area (Å²) >= 11 is 1.23. The summed E-state index contributed by atoms with van der Waals surface area (Å²) in [5.74, 6) is 0. The van der Waals surface area contributed by atoms with Crippen molar-refractivity contribution in [1.82, 2.24) is 0 Å². The van der Waals surface area contributed by atoms with Crippen LogP contribution in [0.1, 0.15) is 21.5 Å². The Morgan fingerprint density at radius 3 is 2.15 bits per heavy atom. The molecule has 0 N–H and O–H groups in total. The van der Waals surface area contributed by atoms with Gasteiger partial charge in [-0.25, -0.2) is 0 Å². The van der Waals surface area contributed by atoms with E-state index in [1.807, 2.05) is 31.2 Å². The van der Waals surface area contributed by atoms with Gasteiger partial charge in [0.25, 0.3) is 0 Å². The van der Waals surface area contributed by atoms with Crippen LogP contribution in [0, 0.1) is 6.92 Å². The van der Waals surface area contributed by atoms with E-state index >= 15 is 0 Å². The minimum Gasteiger partial charge on any atom is -0.298 e. The predicted molar refractivity (Wildman–Crippen MR) is 72.1 cm³/mol. The molecule has 0 aliphatic rings. The molecule has 0 bridgehead atoms. The number of carbonyl (C=O) groups excluding carboxylic acids is 1. The second-order valence-corrected chi connectivity index (χ2v) is 5.43. The zero-order valence-electron chi connectivity index (χ0n) is 10.6. The Kier molecular flexibility index (Phi) is 4.18. The minimum atomic E-state index is -4.53. The summed E-state index contributed by atoms with van der Waals surface area (Å²) in [7, 11) is 0. The van der Waals surface area contributed by atoms with E-state index in [4.69, 9.17) is 0 Å². The summed E-state index contributed by atoms with van der Waals surface area (Å²) in [4.78, 5) is 12.0. The molecule has 0 saturated heterocycles. The van der Waals surface area contributed by atoms with Crippen molar-refractivity contribution in [1.29, 1.82) is 0 Å². The van der Waals surface area contributed by atoms with Gasteiger partial charge in [-0.15, -0.1) is 0 Å². The van der Waals surface area contributed by atoms with E-state index in [1.165, 1.54) is 23.9 Å². The lowest BCUT2D eigenvalue weighted by Crippen LogP contribution is -2.08. The Hall–Kier alpha value is -1.75. The fourth-order valence-corrected chi connectivity index (χ4v) is 2.55. The van der Waals surface area contributed by atoms with Crippen LogP contribution in [0.15, 0.2) is 52.3 Å². The van der Waals surface area contributed by atoms with Crippen LogP contribution in [0.2, 0.25) is 0 Å². The Balaban J connectivity index is 2.34. The normalized spacial score (nSPS) is 11.4. The highest BCUT2D eigenvalue weighted by atomic mass is 32.2. The molecule has 0 amide bonds. The maximum Gasteiger partial charge on any atom is 0.417 e. The maximum absolute atomic E-state index is 12.8. The standard InChI is InChI=1S/C15H11F3OS/c1-10-2-5-12(6-3-10)20-13-7-4-11(9-19)14(8-13)15(16,17)18/h2-9H,1H3. The lowest BCUT2D eigenvalue weighted by Gasteiger charge is -2.11.